The molecular weight excluding hydrogens is 236 g/mol. The molecule has 2 atom stereocenters. The minimum atomic E-state index is 0.0187. The van der Waals surface area contributed by atoms with Gasteiger partial charge >= 0.3 is 0 Å². The summed E-state index contributed by atoms with van der Waals surface area (Å²) in [4.78, 5) is 11.3. The summed E-state index contributed by atoms with van der Waals surface area (Å²) in [6, 6.07) is 5.62. The van der Waals surface area contributed by atoms with Crippen molar-refractivity contribution in [3.63, 3.8) is 0 Å². The predicted molar refractivity (Wildman–Crippen MR) is 80.5 cm³/mol. The van der Waals surface area contributed by atoms with Crippen LogP contribution in [0, 0.1) is 11.8 Å². The molecule has 1 aliphatic carbocycles. The highest BCUT2D eigenvalue weighted by Gasteiger charge is 2.18. The molecule has 3 nitrogen and oxygen atoms in total. The van der Waals surface area contributed by atoms with Gasteiger partial charge in [-0.25, -0.2) is 0 Å². The number of nitrogens with two attached hydrogens (primary N) is 1. The molecule has 1 fully saturated rings. The number of anilines is 2. The lowest BCUT2D eigenvalue weighted by atomic mass is 9.82. The van der Waals surface area contributed by atoms with Gasteiger partial charge in [0.2, 0.25) is 0 Å². The minimum absolute atomic E-state index is 0.0187. The molecule has 1 aliphatic rings. The van der Waals surface area contributed by atoms with Crippen molar-refractivity contribution >= 4 is 17.2 Å². The summed E-state index contributed by atoms with van der Waals surface area (Å²) in [6.45, 7) is 4.89. The Kier molecular flexibility index (Phi) is 4.46. The Balaban J connectivity index is 1.92. The molecule has 0 spiro atoms. The monoisotopic (exact) mass is 260 g/mol. The number of carbonyl (C=O) groups is 1. The molecule has 0 bridgehead atoms. The quantitative estimate of drug-likeness (QED) is 0.641. The maximum atomic E-state index is 11.3. The summed E-state index contributed by atoms with van der Waals surface area (Å²) in [5.41, 5.74) is 8.08. The molecular formula is C16H24N2O. The van der Waals surface area contributed by atoms with Gasteiger partial charge in [-0.3, -0.25) is 4.79 Å². The maximum absolute atomic E-state index is 11.3. The zero-order valence-electron chi connectivity index (χ0n) is 11.9. The molecule has 0 amide bonds. The Morgan fingerprint density at radius 2 is 2.21 bits per heavy atom. The fraction of sp³-hybridized carbons (Fsp3) is 0.562. The summed E-state index contributed by atoms with van der Waals surface area (Å²) in [5, 5.41) is 3.45. The second kappa shape index (κ2) is 6.09. The molecule has 0 aromatic heterocycles. The van der Waals surface area contributed by atoms with Crippen molar-refractivity contribution in [2.24, 2.45) is 11.8 Å². The first-order valence-electron chi connectivity index (χ1n) is 7.20. The molecule has 0 aliphatic heterocycles. The fourth-order valence-electron chi connectivity index (χ4n) is 3.00. The Bertz CT molecular complexity index is 456. The van der Waals surface area contributed by atoms with Crippen molar-refractivity contribution in [3.8, 4) is 0 Å². The molecule has 1 aromatic rings. The number of hydrogen-bond donors (Lipinski definition) is 2. The summed E-state index contributed by atoms with van der Waals surface area (Å²) >= 11 is 0. The van der Waals surface area contributed by atoms with Gasteiger partial charge in [-0.1, -0.05) is 19.8 Å². The highest BCUT2D eigenvalue weighted by atomic mass is 16.1. The van der Waals surface area contributed by atoms with Crippen LogP contribution in [0.3, 0.4) is 0 Å². The minimum Gasteiger partial charge on any atom is -0.398 e. The van der Waals surface area contributed by atoms with E-state index in [2.05, 4.69) is 12.2 Å². The number of benzene rings is 1. The smallest absolute Gasteiger partial charge is 0.161 e. The van der Waals surface area contributed by atoms with Crippen molar-refractivity contribution in [2.75, 3.05) is 17.6 Å². The van der Waals surface area contributed by atoms with Crippen LogP contribution in [0.15, 0.2) is 18.2 Å². The van der Waals surface area contributed by atoms with Crippen molar-refractivity contribution in [1.29, 1.82) is 0 Å². The van der Waals surface area contributed by atoms with Crippen LogP contribution in [-0.2, 0) is 0 Å². The van der Waals surface area contributed by atoms with Crippen LogP contribution in [0.2, 0.25) is 0 Å². The number of rotatable bonds is 4. The van der Waals surface area contributed by atoms with Crippen molar-refractivity contribution in [3.05, 3.63) is 23.8 Å². The predicted octanol–water partition coefficient (Wildman–Crippen LogP) is 3.71. The standard InChI is InChI=1S/C16H24N2O/c1-11-4-3-5-13(8-11)10-18-14-6-7-15(12(2)19)16(17)9-14/h6-7,9,11,13,18H,3-5,8,10,17H2,1-2H3. The lowest BCUT2D eigenvalue weighted by Gasteiger charge is -2.27. The van der Waals surface area contributed by atoms with Gasteiger partial charge < -0.3 is 11.1 Å². The average molecular weight is 260 g/mol. The molecule has 1 saturated carbocycles. The Hall–Kier alpha value is -1.51. The van der Waals surface area contributed by atoms with E-state index < -0.39 is 0 Å². The molecule has 3 heteroatoms. The summed E-state index contributed by atoms with van der Waals surface area (Å²) in [6.07, 6.45) is 5.35. The summed E-state index contributed by atoms with van der Waals surface area (Å²) in [5.74, 6) is 1.63. The molecule has 104 valence electrons. The van der Waals surface area contributed by atoms with Gasteiger partial charge in [0.05, 0.1) is 0 Å². The third-order valence-electron chi connectivity index (χ3n) is 4.07. The Morgan fingerprint density at radius 3 is 2.84 bits per heavy atom. The van der Waals surface area contributed by atoms with Gasteiger partial charge in [0.1, 0.15) is 0 Å². The first-order chi connectivity index (χ1) is 9.06. The van der Waals surface area contributed by atoms with E-state index in [1.807, 2.05) is 18.2 Å². The maximum Gasteiger partial charge on any atom is 0.161 e. The van der Waals surface area contributed by atoms with Crippen molar-refractivity contribution in [2.45, 2.75) is 39.5 Å². The van der Waals surface area contributed by atoms with Crippen molar-refractivity contribution < 1.29 is 4.79 Å². The van der Waals surface area contributed by atoms with E-state index in [9.17, 15) is 4.79 Å². The molecule has 2 rings (SSSR count). The average Bonchev–Trinajstić information content (AvgIpc) is 2.36. The van der Waals surface area contributed by atoms with Gasteiger partial charge in [0.25, 0.3) is 0 Å². The van der Waals surface area contributed by atoms with Gasteiger partial charge in [0.15, 0.2) is 5.78 Å². The topological polar surface area (TPSA) is 55.1 Å². The van der Waals surface area contributed by atoms with Crippen molar-refractivity contribution in [1.82, 2.24) is 0 Å². The lowest BCUT2D eigenvalue weighted by Crippen LogP contribution is -2.21. The van der Waals surface area contributed by atoms with Crippen LogP contribution >= 0.6 is 0 Å². The Labute approximate surface area is 115 Å². The number of hydrogen-bond acceptors (Lipinski definition) is 3. The van der Waals surface area contributed by atoms with E-state index >= 15 is 0 Å². The second-order valence-corrected chi connectivity index (χ2v) is 5.88. The van der Waals surface area contributed by atoms with Crippen LogP contribution in [0.4, 0.5) is 11.4 Å². The van der Waals surface area contributed by atoms with Crippen LogP contribution in [-0.4, -0.2) is 12.3 Å². The van der Waals surface area contributed by atoms with E-state index in [1.165, 1.54) is 25.7 Å². The van der Waals surface area contributed by atoms with E-state index in [-0.39, 0.29) is 5.78 Å². The van der Waals surface area contributed by atoms with Crippen LogP contribution in [0.25, 0.3) is 0 Å². The van der Waals surface area contributed by atoms with E-state index in [0.29, 0.717) is 11.3 Å². The normalized spacial score (nSPS) is 23.1. The summed E-state index contributed by atoms with van der Waals surface area (Å²) in [7, 11) is 0. The number of ketones is 1. The third-order valence-corrected chi connectivity index (χ3v) is 4.07. The van der Waals surface area contributed by atoms with E-state index in [1.54, 1.807) is 6.92 Å². The highest BCUT2D eigenvalue weighted by molar-refractivity contribution is 5.99. The highest BCUT2D eigenvalue weighted by Crippen LogP contribution is 2.29. The fourth-order valence-corrected chi connectivity index (χ4v) is 3.00. The molecule has 2 unspecified atom stereocenters. The zero-order chi connectivity index (χ0) is 13.8. The SMILES string of the molecule is CC(=O)c1ccc(NCC2CCCC(C)C2)cc1N. The van der Waals surface area contributed by atoms with Gasteiger partial charge in [-0.2, -0.15) is 0 Å². The van der Waals surface area contributed by atoms with Crippen LogP contribution in [0.5, 0.6) is 0 Å². The van der Waals surface area contributed by atoms with Crippen LogP contribution in [0.1, 0.15) is 49.9 Å². The van der Waals surface area contributed by atoms with E-state index in [4.69, 9.17) is 5.73 Å². The largest absolute Gasteiger partial charge is 0.398 e. The summed E-state index contributed by atoms with van der Waals surface area (Å²) < 4.78 is 0. The third kappa shape index (κ3) is 3.72. The molecule has 0 heterocycles. The van der Waals surface area contributed by atoms with Gasteiger partial charge in [-0.05, 0) is 49.8 Å². The van der Waals surface area contributed by atoms with Gasteiger partial charge in [0, 0.05) is 23.5 Å². The van der Waals surface area contributed by atoms with E-state index in [0.717, 1.165) is 24.1 Å². The Morgan fingerprint density at radius 1 is 1.42 bits per heavy atom. The number of nitrogen functional groups attached to an aromatic ring is 1. The first-order valence-corrected chi connectivity index (χ1v) is 7.20. The first kappa shape index (κ1) is 13.9. The second-order valence-electron chi connectivity index (χ2n) is 5.88. The molecule has 1 aromatic carbocycles. The number of Topliss-reactive ketones (excluding diaryl/α,β-unsaturated/α-hetero) is 1. The molecule has 3 N–H and O–H groups in total. The molecule has 19 heavy (non-hydrogen) atoms. The van der Waals surface area contributed by atoms with Gasteiger partial charge in [-0.15, -0.1) is 0 Å². The number of nitrogens with one attached hydrogen (secondary N) is 1. The number of carbonyl (C=O) groups excluding carboxylic acids is 1. The molecule has 0 saturated heterocycles. The molecule has 0 radical (unpaired) electrons. The van der Waals surface area contributed by atoms with Crippen LogP contribution < -0.4 is 11.1 Å². The lowest BCUT2D eigenvalue weighted by molar-refractivity contribution is 0.101. The zero-order valence-corrected chi connectivity index (χ0v) is 11.9.